The van der Waals surface area contributed by atoms with Crippen LogP contribution in [0.1, 0.15) is 25.7 Å². The Hall–Kier alpha value is -0.650. The van der Waals surface area contributed by atoms with E-state index in [-0.39, 0.29) is 11.4 Å². The fourth-order valence-electron chi connectivity index (χ4n) is 2.83. The first-order valence-corrected chi connectivity index (χ1v) is 6.18. The van der Waals surface area contributed by atoms with Gasteiger partial charge in [-0.25, -0.2) is 0 Å². The molecule has 2 aliphatic heterocycles. The largest absolute Gasteiger partial charge is 0.785 e. The second-order valence-electron chi connectivity index (χ2n) is 5.27. The van der Waals surface area contributed by atoms with Gasteiger partial charge in [0.25, 0.3) is 0 Å². The molecule has 0 aromatic rings. The summed E-state index contributed by atoms with van der Waals surface area (Å²) in [5.41, 5.74) is 0.209. The maximum absolute atomic E-state index is 12.2. The molecule has 1 aliphatic carbocycles. The number of amides is 1. The molecule has 1 unspecified atom stereocenters. The molecule has 5 heteroatoms. The summed E-state index contributed by atoms with van der Waals surface area (Å²) in [6.45, 7) is 2.95. The zero-order valence-electron chi connectivity index (χ0n) is 9.45. The van der Waals surface area contributed by atoms with Gasteiger partial charge in [0, 0.05) is 25.2 Å². The van der Waals surface area contributed by atoms with Crippen molar-refractivity contribution < 1.29 is 4.79 Å². The van der Waals surface area contributed by atoms with Crippen molar-refractivity contribution in [3.63, 3.8) is 0 Å². The molecule has 90 valence electrons. The number of nitrogens with zero attached hydrogens (tertiary/aromatic N) is 2. The Kier molecular flexibility index (Phi) is 2.42. The minimum Gasteiger partial charge on any atom is -0.785 e. The third kappa shape index (κ3) is 1.73. The number of carbonyl (C=O) groups excluding carboxylic acids is 1. The van der Waals surface area contributed by atoms with Crippen LogP contribution in [0.25, 0.3) is 0 Å². The van der Waals surface area contributed by atoms with E-state index in [0.29, 0.717) is 6.54 Å². The molecule has 1 amide bonds. The van der Waals surface area contributed by atoms with Crippen LogP contribution in [0.4, 0.5) is 0 Å². The molecule has 1 saturated carbocycles. The first kappa shape index (κ1) is 10.5. The van der Waals surface area contributed by atoms with Crippen molar-refractivity contribution >= 4 is 5.91 Å². The molecular formula is C11H18N3O2-. The summed E-state index contributed by atoms with van der Waals surface area (Å²) in [4.78, 5) is 14.1. The summed E-state index contributed by atoms with van der Waals surface area (Å²) in [6.07, 6.45) is 3.93. The average molecular weight is 224 g/mol. The Balaban J connectivity index is 1.65. The first-order valence-electron chi connectivity index (χ1n) is 6.18. The number of piperazine rings is 1. The van der Waals surface area contributed by atoms with Crippen LogP contribution in [-0.4, -0.2) is 53.6 Å². The zero-order valence-corrected chi connectivity index (χ0v) is 9.45. The molecule has 0 bridgehead atoms. The highest BCUT2D eigenvalue weighted by Gasteiger charge is 2.47. The van der Waals surface area contributed by atoms with E-state index in [1.165, 1.54) is 12.8 Å². The van der Waals surface area contributed by atoms with Crippen molar-refractivity contribution in [3.8, 4) is 0 Å². The van der Waals surface area contributed by atoms with Crippen LogP contribution in [0, 0.1) is 5.21 Å². The van der Waals surface area contributed by atoms with Gasteiger partial charge in [-0.1, -0.05) is 0 Å². The zero-order chi connectivity index (χ0) is 11.2. The summed E-state index contributed by atoms with van der Waals surface area (Å²) >= 11 is 0. The second kappa shape index (κ2) is 3.68. The number of carbonyl (C=O) groups is 1. The van der Waals surface area contributed by atoms with Crippen LogP contribution in [0.2, 0.25) is 0 Å². The van der Waals surface area contributed by atoms with Crippen molar-refractivity contribution in [2.45, 2.75) is 37.3 Å². The van der Waals surface area contributed by atoms with Crippen molar-refractivity contribution in [2.75, 3.05) is 26.2 Å². The number of nitrogens with one attached hydrogen (secondary N) is 1. The molecule has 0 aromatic carbocycles. The van der Waals surface area contributed by atoms with E-state index in [1.807, 2.05) is 4.90 Å². The standard InChI is InChI=1S/C11H18N3O2/c15-10(9-2-1-6-14(9)16)13-7-5-12-11(8-13)3-4-11/h9,12H,1-8H2/q-1. The minimum absolute atomic E-state index is 0.0558. The molecule has 3 rings (SSSR count). The van der Waals surface area contributed by atoms with Gasteiger partial charge in [0.15, 0.2) is 0 Å². The van der Waals surface area contributed by atoms with E-state index in [1.54, 1.807) is 0 Å². The Morgan fingerprint density at radius 3 is 2.81 bits per heavy atom. The maximum atomic E-state index is 12.2. The summed E-state index contributed by atoms with van der Waals surface area (Å²) in [5, 5.41) is 15.9. The molecule has 16 heavy (non-hydrogen) atoms. The summed E-state index contributed by atoms with van der Waals surface area (Å²) in [7, 11) is 0. The molecule has 5 nitrogen and oxygen atoms in total. The van der Waals surface area contributed by atoms with Crippen LogP contribution in [0.5, 0.6) is 0 Å². The van der Waals surface area contributed by atoms with Gasteiger partial charge in [0.2, 0.25) is 5.91 Å². The number of hydroxylamine groups is 2. The first-order chi connectivity index (χ1) is 7.70. The molecule has 3 aliphatic rings. The number of hydrogen-bond donors (Lipinski definition) is 1. The molecule has 1 atom stereocenters. The third-order valence-corrected chi connectivity index (χ3v) is 4.03. The smallest absolute Gasteiger partial charge is 0.239 e. The van der Waals surface area contributed by atoms with Gasteiger partial charge in [0.1, 0.15) is 0 Å². The lowest BCUT2D eigenvalue weighted by Crippen LogP contribution is -2.57. The van der Waals surface area contributed by atoms with Crippen LogP contribution in [0.3, 0.4) is 0 Å². The van der Waals surface area contributed by atoms with E-state index >= 15 is 0 Å². The predicted octanol–water partition coefficient (Wildman–Crippen LogP) is -0.0870. The van der Waals surface area contributed by atoms with Crippen LogP contribution >= 0.6 is 0 Å². The molecule has 1 spiro atoms. The van der Waals surface area contributed by atoms with Gasteiger partial charge < -0.3 is 20.5 Å². The van der Waals surface area contributed by atoms with Crippen molar-refractivity contribution in [2.24, 2.45) is 0 Å². The lowest BCUT2D eigenvalue weighted by molar-refractivity contribution is -0.136. The Morgan fingerprint density at radius 2 is 2.19 bits per heavy atom. The summed E-state index contributed by atoms with van der Waals surface area (Å²) in [5.74, 6) is 0.0558. The maximum Gasteiger partial charge on any atom is 0.239 e. The number of rotatable bonds is 1. The molecular weight excluding hydrogens is 206 g/mol. The van der Waals surface area contributed by atoms with Crippen molar-refractivity contribution in [3.05, 3.63) is 5.21 Å². The van der Waals surface area contributed by atoms with Gasteiger partial charge >= 0.3 is 0 Å². The van der Waals surface area contributed by atoms with E-state index < -0.39 is 6.04 Å². The third-order valence-electron chi connectivity index (χ3n) is 4.03. The van der Waals surface area contributed by atoms with Gasteiger partial charge in [-0.3, -0.25) is 4.79 Å². The van der Waals surface area contributed by atoms with Gasteiger partial charge in [-0.2, -0.15) is 0 Å². The second-order valence-corrected chi connectivity index (χ2v) is 5.27. The van der Waals surface area contributed by atoms with Gasteiger partial charge in [-0.15, -0.1) is 0 Å². The van der Waals surface area contributed by atoms with E-state index in [0.717, 1.165) is 37.5 Å². The summed E-state index contributed by atoms with van der Waals surface area (Å²) in [6, 6.07) is -0.395. The van der Waals surface area contributed by atoms with Crippen LogP contribution in [-0.2, 0) is 4.79 Å². The van der Waals surface area contributed by atoms with Crippen LogP contribution < -0.4 is 5.32 Å². The Morgan fingerprint density at radius 1 is 1.38 bits per heavy atom. The average Bonchev–Trinajstić information content (AvgIpc) is 2.88. The van der Waals surface area contributed by atoms with Gasteiger partial charge in [0.05, 0.1) is 6.04 Å². The lowest BCUT2D eigenvalue weighted by atomic mass is 10.1. The monoisotopic (exact) mass is 224 g/mol. The topological polar surface area (TPSA) is 58.6 Å². The number of hydrogen-bond acceptors (Lipinski definition) is 4. The summed E-state index contributed by atoms with van der Waals surface area (Å²) < 4.78 is 0. The highest BCUT2D eigenvalue weighted by molar-refractivity contribution is 5.82. The highest BCUT2D eigenvalue weighted by Crippen LogP contribution is 2.37. The normalized spacial score (nSPS) is 33.3. The highest BCUT2D eigenvalue weighted by atomic mass is 16.5. The fraction of sp³-hybridized carbons (Fsp3) is 0.909. The van der Waals surface area contributed by atoms with E-state index in [4.69, 9.17) is 0 Å². The molecule has 2 heterocycles. The van der Waals surface area contributed by atoms with Crippen molar-refractivity contribution in [1.29, 1.82) is 0 Å². The molecule has 1 N–H and O–H groups in total. The molecule has 0 aromatic heterocycles. The van der Waals surface area contributed by atoms with E-state index in [2.05, 4.69) is 5.32 Å². The minimum atomic E-state index is -0.395. The SMILES string of the molecule is O=C(C1CCCN1[O-])N1CCNC2(CC2)C1. The molecule has 2 saturated heterocycles. The van der Waals surface area contributed by atoms with Crippen molar-refractivity contribution in [1.82, 2.24) is 15.3 Å². The predicted molar refractivity (Wildman–Crippen MR) is 59.6 cm³/mol. The lowest BCUT2D eigenvalue weighted by Gasteiger charge is -2.38. The quantitative estimate of drug-likeness (QED) is 0.676. The van der Waals surface area contributed by atoms with Crippen LogP contribution in [0.15, 0.2) is 0 Å². The Labute approximate surface area is 95.4 Å². The molecule has 0 radical (unpaired) electrons. The molecule has 3 fully saturated rings. The fourth-order valence-corrected chi connectivity index (χ4v) is 2.83. The van der Waals surface area contributed by atoms with E-state index in [9.17, 15) is 10.0 Å². The van der Waals surface area contributed by atoms with Gasteiger partial charge in [-0.05, 0) is 32.2 Å². The Bertz CT molecular complexity index is 304.